The third-order valence-corrected chi connectivity index (χ3v) is 4.72. The molecule has 0 heterocycles. The van der Waals surface area contributed by atoms with Gasteiger partial charge in [-0.05, 0) is 46.3 Å². The lowest BCUT2D eigenvalue weighted by atomic mass is 10.4. The first-order valence-corrected chi connectivity index (χ1v) is 6.91. The van der Waals surface area contributed by atoms with Gasteiger partial charge in [-0.3, -0.25) is 0 Å². The lowest BCUT2D eigenvalue weighted by Crippen LogP contribution is -1.77. The zero-order valence-corrected chi connectivity index (χ0v) is 12.0. The van der Waals surface area contributed by atoms with Gasteiger partial charge in [0.2, 0.25) is 0 Å². The summed E-state index contributed by atoms with van der Waals surface area (Å²) in [5, 5.41) is 1.33. The predicted octanol–water partition coefficient (Wildman–Crippen LogP) is 5.91. The highest BCUT2D eigenvalue weighted by Crippen LogP contribution is 2.37. The van der Waals surface area contributed by atoms with Crippen LogP contribution in [0.2, 0.25) is 10.0 Å². The van der Waals surface area contributed by atoms with Crippen LogP contribution in [0.3, 0.4) is 0 Å². The predicted molar refractivity (Wildman–Crippen MR) is 74.7 cm³/mol. The largest absolute Gasteiger partial charge is 0.0873 e. The van der Waals surface area contributed by atoms with Crippen LogP contribution in [-0.2, 0) is 0 Å². The van der Waals surface area contributed by atoms with Crippen molar-refractivity contribution in [2.45, 2.75) is 9.79 Å². The van der Waals surface area contributed by atoms with Crippen molar-refractivity contribution in [2.75, 3.05) is 0 Å². The number of hydrogen-bond donors (Lipinski definition) is 0. The average Bonchev–Trinajstić information content (AvgIpc) is 2.25. The molecule has 0 unspecified atom stereocenters. The molecule has 4 heteroatoms. The second-order valence-corrected chi connectivity index (χ2v) is 5.89. The summed E-state index contributed by atoms with van der Waals surface area (Å²) in [5.74, 6) is 0. The molecule has 0 saturated heterocycles. The highest BCUT2D eigenvalue weighted by molar-refractivity contribution is 9.10. The Kier molecular flexibility index (Phi) is 4.20. The van der Waals surface area contributed by atoms with Gasteiger partial charge in [0.1, 0.15) is 0 Å². The fraction of sp³-hybridized carbons (Fsp3) is 0. The molecule has 0 aliphatic rings. The Morgan fingerprint density at radius 1 is 0.938 bits per heavy atom. The maximum Gasteiger partial charge on any atom is 0.0560 e. The van der Waals surface area contributed by atoms with Gasteiger partial charge in [0, 0.05) is 19.3 Å². The molecule has 2 aromatic carbocycles. The minimum absolute atomic E-state index is 0.654. The van der Waals surface area contributed by atoms with Gasteiger partial charge in [0.15, 0.2) is 0 Å². The Hall–Kier alpha value is -0.150. The van der Waals surface area contributed by atoms with Crippen molar-refractivity contribution in [1.82, 2.24) is 0 Å². The molecule has 0 radical (unpaired) electrons. The molecule has 0 saturated carbocycles. The van der Waals surface area contributed by atoms with Crippen molar-refractivity contribution in [1.29, 1.82) is 0 Å². The summed E-state index contributed by atoms with van der Waals surface area (Å²) in [6.45, 7) is 0. The van der Waals surface area contributed by atoms with Crippen LogP contribution < -0.4 is 0 Å². The van der Waals surface area contributed by atoms with E-state index in [-0.39, 0.29) is 0 Å². The normalized spacial score (nSPS) is 10.4. The molecular weight excluding hydrogens is 327 g/mol. The summed E-state index contributed by atoms with van der Waals surface area (Å²) in [6.07, 6.45) is 0. The van der Waals surface area contributed by atoms with E-state index in [0.717, 1.165) is 14.3 Å². The Morgan fingerprint density at radius 3 is 2.38 bits per heavy atom. The van der Waals surface area contributed by atoms with E-state index in [0.29, 0.717) is 10.0 Å². The van der Waals surface area contributed by atoms with Gasteiger partial charge in [-0.15, -0.1) is 0 Å². The summed E-state index contributed by atoms with van der Waals surface area (Å²) >= 11 is 17.1. The van der Waals surface area contributed by atoms with Crippen molar-refractivity contribution >= 4 is 50.9 Å². The molecule has 2 rings (SSSR count). The standard InChI is InChI=1S/C12H7BrCl2S/c13-9-3-1-2-4-11(9)16-12-6-5-8(14)7-10(12)15/h1-7H. The molecule has 0 nitrogen and oxygen atoms in total. The van der Waals surface area contributed by atoms with Gasteiger partial charge in [-0.25, -0.2) is 0 Å². The molecule has 0 atom stereocenters. The maximum absolute atomic E-state index is 6.11. The Morgan fingerprint density at radius 2 is 1.69 bits per heavy atom. The monoisotopic (exact) mass is 332 g/mol. The number of hydrogen-bond acceptors (Lipinski definition) is 1. The molecular formula is C12H7BrCl2S. The molecule has 0 amide bonds. The maximum atomic E-state index is 6.11. The van der Waals surface area contributed by atoms with Crippen molar-refractivity contribution in [3.05, 3.63) is 57.0 Å². The van der Waals surface area contributed by atoms with E-state index in [9.17, 15) is 0 Å². The van der Waals surface area contributed by atoms with Crippen molar-refractivity contribution < 1.29 is 0 Å². The van der Waals surface area contributed by atoms with Gasteiger partial charge in [-0.1, -0.05) is 47.1 Å². The zero-order valence-electron chi connectivity index (χ0n) is 8.08. The quantitative estimate of drug-likeness (QED) is 0.658. The van der Waals surface area contributed by atoms with Crippen LogP contribution in [0.5, 0.6) is 0 Å². The van der Waals surface area contributed by atoms with Crippen LogP contribution in [0.4, 0.5) is 0 Å². The molecule has 0 aliphatic heterocycles. The van der Waals surface area contributed by atoms with Gasteiger partial charge in [0.05, 0.1) is 5.02 Å². The summed E-state index contributed by atoms with van der Waals surface area (Å²) in [4.78, 5) is 2.13. The van der Waals surface area contributed by atoms with Gasteiger partial charge in [-0.2, -0.15) is 0 Å². The summed E-state index contributed by atoms with van der Waals surface area (Å²) in [7, 11) is 0. The van der Waals surface area contributed by atoms with Crippen molar-refractivity contribution in [3.63, 3.8) is 0 Å². The number of rotatable bonds is 2. The molecule has 0 N–H and O–H groups in total. The molecule has 0 aliphatic carbocycles. The number of halogens is 3. The summed E-state index contributed by atoms with van der Waals surface area (Å²) in [6, 6.07) is 13.5. The SMILES string of the molecule is Clc1ccc(Sc2ccccc2Br)c(Cl)c1. The van der Waals surface area contributed by atoms with E-state index in [2.05, 4.69) is 15.9 Å². The van der Waals surface area contributed by atoms with E-state index < -0.39 is 0 Å². The summed E-state index contributed by atoms with van der Waals surface area (Å²) in [5.41, 5.74) is 0. The fourth-order valence-corrected chi connectivity index (χ4v) is 3.10. The third kappa shape index (κ3) is 2.95. The van der Waals surface area contributed by atoms with Crippen molar-refractivity contribution in [3.8, 4) is 0 Å². The molecule has 0 aromatic heterocycles. The van der Waals surface area contributed by atoms with Crippen LogP contribution >= 0.6 is 50.9 Å². The van der Waals surface area contributed by atoms with E-state index in [4.69, 9.17) is 23.2 Å². The minimum atomic E-state index is 0.654. The minimum Gasteiger partial charge on any atom is -0.0873 e. The van der Waals surface area contributed by atoms with E-state index in [1.54, 1.807) is 17.8 Å². The van der Waals surface area contributed by atoms with E-state index >= 15 is 0 Å². The molecule has 16 heavy (non-hydrogen) atoms. The second kappa shape index (κ2) is 5.46. The lowest BCUT2D eigenvalue weighted by Gasteiger charge is -2.06. The number of benzene rings is 2. The topological polar surface area (TPSA) is 0 Å². The molecule has 0 spiro atoms. The van der Waals surface area contributed by atoms with Crippen LogP contribution in [-0.4, -0.2) is 0 Å². The Bertz CT molecular complexity index is 514. The van der Waals surface area contributed by atoms with Crippen LogP contribution in [0.15, 0.2) is 56.7 Å². The second-order valence-electron chi connectivity index (χ2n) is 3.11. The zero-order chi connectivity index (χ0) is 11.5. The van der Waals surface area contributed by atoms with Crippen LogP contribution in [0.25, 0.3) is 0 Å². The van der Waals surface area contributed by atoms with Gasteiger partial charge >= 0.3 is 0 Å². The first-order valence-electron chi connectivity index (χ1n) is 4.54. The molecule has 82 valence electrons. The first kappa shape index (κ1) is 12.3. The highest BCUT2D eigenvalue weighted by atomic mass is 79.9. The smallest absolute Gasteiger partial charge is 0.0560 e. The Labute approximate surface area is 117 Å². The van der Waals surface area contributed by atoms with Crippen LogP contribution in [0.1, 0.15) is 0 Å². The van der Waals surface area contributed by atoms with Crippen molar-refractivity contribution in [2.24, 2.45) is 0 Å². The average molecular weight is 334 g/mol. The lowest BCUT2D eigenvalue weighted by molar-refractivity contribution is 1.37. The molecule has 2 aromatic rings. The van der Waals surface area contributed by atoms with Gasteiger partial charge in [0.25, 0.3) is 0 Å². The third-order valence-electron chi connectivity index (χ3n) is 1.95. The van der Waals surface area contributed by atoms with E-state index in [1.165, 1.54) is 0 Å². The van der Waals surface area contributed by atoms with Crippen LogP contribution in [0, 0.1) is 0 Å². The van der Waals surface area contributed by atoms with Gasteiger partial charge < -0.3 is 0 Å². The van der Waals surface area contributed by atoms with E-state index in [1.807, 2.05) is 36.4 Å². The fourth-order valence-electron chi connectivity index (χ4n) is 1.20. The Balaban J connectivity index is 2.31. The first-order chi connectivity index (χ1) is 7.66. The molecule has 0 bridgehead atoms. The highest BCUT2D eigenvalue weighted by Gasteiger charge is 2.05. The molecule has 0 fully saturated rings. The summed E-state index contributed by atoms with van der Waals surface area (Å²) < 4.78 is 1.06.